The fourth-order valence-corrected chi connectivity index (χ4v) is 4.39. The van der Waals surface area contributed by atoms with Crippen molar-refractivity contribution in [1.29, 1.82) is 0 Å². The Kier molecular flexibility index (Phi) is 6.66. The molecule has 0 radical (unpaired) electrons. The number of aryl methyl sites for hydroxylation is 1. The van der Waals surface area contributed by atoms with Gasteiger partial charge < -0.3 is 5.32 Å². The Bertz CT molecular complexity index is 1020. The summed E-state index contributed by atoms with van der Waals surface area (Å²) in [4.78, 5) is 33.1. The predicted molar refractivity (Wildman–Crippen MR) is 120 cm³/mol. The van der Waals surface area contributed by atoms with Gasteiger partial charge in [-0.2, -0.15) is 0 Å². The molecule has 1 aromatic carbocycles. The van der Waals surface area contributed by atoms with Crippen molar-refractivity contribution in [2.45, 2.75) is 51.1 Å². The molecule has 0 unspecified atom stereocenters. The van der Waals surface area contributed by atoms with Crippen molar-refractivity contribution in [3.63, 3.8) is 0 Å². The predicted octanol–water partition coefficient (Wildman–Crippen LogP) is 3.94. The van der Waals surface area contributed by atoms with E-state index >= 15 is 0 Å². The molecular formula is C23H25N5O2S. The summed E-state index contributed by atoms with van der Waals surface area (Å²) in [5, 5.41) is 8.72. The first-order valence-electron chi connectivity index (χ1n) is 10.6. The van der Waals surface area contributed by atoms with Crippen molar-refractivity contribution in [3.05, 3.63) is 71.0 Å². The molecule has 1 N–H and O–H groups in total. The van der Waals surface area contributed by atoms with Crippen LogP contribution in [0.15, 0.2) is 54.0 Å². The summed E-state index contributed by atoms with van der Waals surface area (Å²) in [6.45, 7) is 2.05. The molecule has 2 amide bonds. The second-order valence-corrected chi connectivity index (χ2v) is 8.25. The number of anilines is 1. The van der Waals surface area contributed by atoms with Gasteiger partial charge in [0.05, 0.1) is 5.69 Å². The third kappa shape index (κ3) is 4.80. The normalized spacial score (nSPS) is 14.9. The SMILES string of the molecule is CCc1cccc(N(C(=O)c2csnn2)[C@H](C(=O)NC2CCCC2)c2ccccn2)c1. The minimum Gasteiger partial charge on any atom is -0.351 e. The lowest BCUT2D eigenvalue weighted by Crippen LogP contribution is -2.46. The maximum Gasteiger partial charge on any atom is 0.280 e. The van der Waals surface area contributed by atoms with E-state index in [4.69, 9.17) is 0 Å². The smallest absolute Gasteiger partial charge is 0.280 e. The van der Waals surface area contributed by atoms with Crippen molar-refractivity contribution in [2.24, 2.45) is 0 Å². The summed E-state index contributed by atoms with van der Waals surface area (Å²) < 4.78 is 3.84. The van der Waals surface area contributed by atoms with E-state index in [0.29, 0.717) is 11.4 Å². The average molecular weight is 436 g/mol. The largest absolute Gasteiger partial charge is 0.351 e. The van der Waals surface area contributed by atoms with Crippen molar-refractivity contribution >= 4 is 29.0 Å². The van der Waals surface area contributed by atoms with Crippen LogP contribution >= 0.6 is 11.5 Å². The minimum absolute atomic E-state index is 0.124. The lowest BCUT2D eigenvalue weighted by molar-refractivity contribution is -0.123. The van der Waals surface area contributed by atoms with Crippen LogP contribution in [0.25, 0.3) is 0 Å². The van der Waals surface area contributed by atoms with E-state index in [2.05, 4.69) is 26.8 Å². The number of carbonyl (C=O) groups excluding carboxylic acids is 2. The Morgan fingerprint density at radius 3 is 2.71 bits per heavy atom. The van der Waals surface area contributed by atoms with Crippen LogP contribution < -0.4 is 10.2 Å². The molecule has 1 saturated carbocycles. The molecule has 2 heterocycles. The molecule has 7 nitrogen and oxygen atoms in total. The van der Waals surface area contributed by atoms with Crippen LogP contribution in [0.2, 0.25) is 0 Å². The summed E-state index contributed by atoms with van der Waals surface area (Å²) >= 11 is 1.11. The Hall–Kier alpha value is -3.13. The van der Waals surface area contributed by atoms with Gasteiger partial charge in [0, 0.05) is 23.3 Å². The molecule has 1 aliphatic rings. The number of hydrogen-bond donors (Lipinski definition) is 1. The van der Waals surface area contributed by atoms with Crippen molar-refractivity contribution in [1.82, 2.24) is 19.9 Å². The molecule has 8 heteroatoms. The van der Waals surface area contributed by atoms with Crippen molar-refractivity contribution in [2.75, 3.05) is 4.90 Å². The van der Waals surface area contributed by atoms with Gasteiger partial charge in [-0.25, -0.2) is 0 Å². The highest BCUT2D eigenvalue weighted by Gasteiger charge is 2.36. The minimum atomic E-state index is -0.914. The molecule has 0 spiro atoms. The fraction of sp³-hybridized carbons (Fsp3) is 0.348. The second-order valence-electron chi connectivity index (χ2n) is 7.64. The van der Waals surface area contributed by atoms with E-state index < -0.39 is 6.04 Å². The molecule has 160 valence electrons. The summed E-state index contributed by atoms with van der Waals surface area (Å²) in [7, 11) is 0. The zero-order valence-corrected chi connectivity index (χ0v) is 18.2. The zero-order valence-electron chi connectivity index (χ0n) is 17.4. The summed E-state index contributed by atoms with van der Waals surface area (Å²) in [6, 6.07) is 12.3. The van der Waals surface area contributed by atoms with Gasteiger partial charge in [-0.1, -0.05) is 42.5 Å². The third-order valence-corrected chi connectivity index (χ3v) is 6.08. The highest BCUT2D eigenvalue weighted by atomic mass is 32.1. The van der Waals surface area contributed by atoms with Crippen LogP contribution in [0.1, 0.15) is 60.4 Å². The summed E-state index contributed by atoms with van der Waals surface area (Å²) in [6.07, 6.45) is 6.57. The summed E-state index contributed by atoms with van der Waals surface area (Å²) in [5.41, 5.74) is 2.43. The lowest BCUT2D eigenvalue weighted by atomic mass is 10.1. The molecule has 2 aromatic heterocycles. The van der Waals surface area contributed by atoms with Crippen LogP contribution in [0.4, 0.5) is 5.69 Å². The van der Waals surface area contributed by atoms with Gasteiger partial charge in [0.1, 0.15) is 0 Å². The quantitative estimate of drug-likeness (QED) is 0.607. The van der Waals surface area contributed by atoms with Crippen molar-refractivity contribution in [3.8, 4) is 0 Å². The van der Waals surface area contributed by atoms with Gasteiger partial charge in [-0.15, -0.1) is 5.10 Å². The van der Waals surface area contributed by atoms with Crippen LogP contribution in [0.5, 0.6) is 0 Å². The van der Waals surface area contributed by atoms with Crippen LogP contribution in [-0.4, -0.2) is 32.4 Å². The Morgan fingerprint density at radius 1 is 1.19 bits per heavy atom. The first kappa shape index (κ1) is 21.1. The molecule has 1 fully saturated rings. The number of rotatable bonds is 7. The van der Waals surface area contributed by atoms with Gasteiger partial charge in [-0.05, 0) is 60.6 Å². The zero-order chi connectivity index (χ0) is 21.6. The third-order valence-electron chi connectivity index (χ3n) is 5.57. The highest BCUT2D eigenvalue weighted by Crippen LogP contribution is 2.30. The molecule has 0 aliphatic heterocycles. The van der Waals surface area contributed by atoms with Crippen LogP contribution in [0, 0.1) is 0 Å². The molecule has 4 rings (SSSR count). The number of benzene rings is 1. The molecule has 0 saturated heterocycles. The van der Waals surface area contributed by atoms with E-state index in [-0.39, 0.29) is 23.6 Å². The fourth-order valence-electron chi connectivity index (χ4n) is 3.96. The van der Waals surface area contributed by atoms with Gasteiger partial charge in [0.25, 0.3) is 5.91 Å². The first-order valence-corrected chi connectivity index (χ1v) is 11.4. The number of amides is 2. The van der Waals surface area contributed by atoms with E-state index in [1.165, 1.54) is 4.90 Å². The number of nitrogens with zero attached hydrogens (tertiary/aromatic N) is 4. The van der Waals surface area contributed by atoms with Crippen LogP contribution in [-0.2, 0) is 11.2 Å². The van der Waals surface area contributed by atoms with Gasteiger partial charge in [-0.3, -0.25) is 19.5 Å². The van der Waals surface area contributed by atoms with Gasteiger partial charge >= 0.3 is 0 Å². The summed E-state index contributed by atoms with van der Waals surface area (Å²) in [5.74, 6) is -0.608. The number of nitrogens with one attached hydrogen (secondary N) is 1. The highest BCUT2D eigenvalue weighted by molar-refractivity contribution is 7.03. The molecule has 1 atom stereocenters. The maximum atomic E-state index is 13.6. The van der Waals surface area contributed by atoms with E-state index in [9.17, 15) is 9.59 Å². The van der Waals surface area contributed by atoms with E-state index in [1.807, 2.05) is 30.3 Å². The molecule has 31 heavy (non-hydrogen) atoms. The lowest BCUT2D eigenvalue weighted by Gasteiger charge is -2.31. The molecule has 3 aromatic rings. The Labute approximate surface area is 185 Å². The van der Waals surface area contributed by atoms with Crippen LogP contribution in [0.3, 0.4) is 0 Å². The standard InChI is InChI=1S/C23H25N5O2S/c1-2-16-8-7-11-18(14-16)28(23(30)20-15-31-27-26-20)21(19-12-5-6-13-24-19)22(29)25-17-9-3-4-10-17/h5-8,11-15,17,21H,2-4,9-10H2,1H3,(H,25,29)/t21-/m0/s1. The molecular weight excluding hydrogens is 410 g/mol. The first-order chi connectivity index (χ1) is 15.2. The van der Waals surface area contributed by atoms with Gasteiger partial charge in [0.2, 0.25) is 5.91 Å². The number of pyridine rings is 1. The van der Waals surface area contributed by atoms with E-state index in [1.54, 1.807) is 23.7 Å². The maximum absolute atomic E-state index is 13.6. The topological polar surface area (TPSA) is 88.1 Å². The Balaban J connectivity index is 1.80. The number of aromatic nitrogens is 3. The molecule has 0 bridgehead atoms. The monoisotopic (exact) mass is 435 g/mol. The van der Waals surface area contributed by atoms with Gasteiger partial charge in [0.15, 0.2) is 11.7 Å². The van der Waals surface area contributed by atoms with E-state index in [0.717, 1.165) is 49.2 Å². The van der Waals surface area contributed by atoms with Crippen molar-refractivity contribution < 1.29 is 9.59 Å². The molecule has 1 aliphatic carbocycles. The second kappa shape index (κ2) is 9.78. The number of hydrogen-bond acceptors (Lipinski definition) is 6. The number of carbonyl (C=O) groups is 2. The average Bonchev–Trinajstić information content (AvgIpc) is 3.52. The Morgan fingerprint density at radius 2 is 2.03 bits per heavy atom.